The zero-order chi connectivity index (χ0) is 15.2. The van der Waals surface area contributed by atoms with E-state index in [9.17, 15) is 9.59 Å². The predicted molar refractivity (Wildman–Crippen MR) is 78.4 cm³/mol. The van der Waals surface area contributed by atoms with Crippen LogP contribution in [0.1, 0.15) is 37.8 Å². The Hall–Kier alpha value is -1.84. The molecular weight excluding hydrogens is 254 g/mol. The first-order valence-electron chi connectivity index (χ1n) is 6.87. The second-order valence-corrected chi connectivity index (χ2v) is 5.23. The molecule has 1 amide bonds. The molecule has 0 fully saturated rings. The lowest BCUT2D eigenvalue weighted by molar-refractivity contribution is -0.150. The van der Waals surface area contributed by atoms with Crippen molar-refractivity contribution in [2.75, 3.05) is 7.11 Å². The standard InChI is InChI=1S/C16H23NO3/c1-5-10-16(3,15(19)20-4)17-14(18)11-13-9-7-6-8-12(13)2/h6-9H,5,10-11H2,1-4H3,(H,17,18). The average Bonchev–Trinajstić information content (AvgIpc) is 2.40. The number of esters is 1. The van der Waals surface area contributed by atoms with Crippen LogP contribution in [0.2, 0.25) is 0 Å². The number of benzene rings is 1. The first kappa shape index (κ1) is 16.2. The van der Waals surface area contributed by atoms with Crippen molar-refractivity contribution in [1.29, 1.82) is 0 Å². The molecule has 0 aromatic heterocycles. The van der Waals surface area contributed by atoms with E-state index in [1.165, 1.54) is 7.11 Å². The Morgan fingerprint density at radius 2 is 1.95 bits per heavy atom. The Kier molecular flexibility index (Phi) is 5.74. The zero-order valence-electron chi connectivity index (χ0n) is 12.7. The number of nitrogens with one attached hydrogen (secondary N) is 1. The van der Waals surface area contributed by atoms with Gasteiger partial charge in [-0.1, -0.05) is 37.6 Å². The fraction of sp³-hybridized carbons (Fsp3) is 0.500. The third-order valence-corrected chi connectivity index (χ3v) is 3.41. The second kappa shape index (κ2) is 7.08. The van der Waals surface area contributed by atoms with Gasteiger partial charge in [-0.25, -0.2) is 4.79 Å². The van der Waals surface area contributed by atoms with Crippen molar-refractivity contribution < 1.29 is 14.3 Å². The smallest absolute Gasteiger partial charge is 0.331 e. The summed E-state index contributed by atoms with van der Waals surface area (Å²) in [6.45, 7) is 5.64. The first-order valence-corrected chi connectivity index (χ1v) is 6.87. The van der Waals surface area contributed by atoms with E-state index in [0.29, 0.717) is 6.42 Å². The molecule has 0 aliphatic rings. The quantitative estimate of drug-likeness (QED) is 0.812. The summed E-state index contributed by atoms with van der Waals surface area (Å²) in [5.74, 6) is -0.571. The molecule has 1 unspecified atom stereocenters. The molecule has 0 aliphatic heterocycles. The molecule has 0 saturated carbocycles. The van der Waals surface area contributed by atoms with Crippen LogP contribution in [0.25, 0.3) is 0 Å². The van der Waals surface area contributed by atoms with Crippen LogP contribution in [-0.4, -0.2) is 24.5 Å². The van der Waals surface area contributed by atoms with Crippen molar-refractivity contribution in [3.63, 3.8) is 0 Å². The summed E-state index contributed by atoms with van der Waals surface area (Å²) in [5, 5.41) is 2.81. The topological polar surface area (TPSA) is 55.4 Å². The Morgan fingerprint density at radius 1 is 1.30 bits per heavy atom. The van der Waals surface area contributed by atoms with Crippen molar-refractivity contribution in [2.45, 2.75) is 45.6 Å². The average molecular weight is 277 g/mol. The molecule has 0 aliphatic carbocycles. The molecule has 0 bridgehead atoms. The molecule has 0 heterocycles. The van der Waals surface area contributed by atoms with Gasteiger partial charge in [-0.3, -0.25) is 4.79 Å². The van der Waals surface area contributed by atoms with Crippen molar-refractivity contribution >= 4 is 11.9 Å². The Labute approximate surface area is 120 Å². The predicted octanol–water partition coefficient (Wildman–Crippen LogP) is 2.39. The minimum atomic E-state index is -0.955. The van der Waals surface area contributed by atoms with Crippen LogP contribution in [0.5, 0.6) is 0 Å². The SMILES string of the molecule is CCCC(C)(NC(=O)Cc1ccccc1C)C(=O)OC. The van der Waals surface area contributed by atoms with E-state index in [4.69, 9.17) is 4.74 Å². The zero-order valence-corrected chi connectivity index (χ0v) is 12.7. The molecule has 1 atom stereocenters. The fourth-order valence-electron chi connectivity index (χ4n) is 2.27. The molecule has 4 heteroatoms. The van der Waals surface area contributed by atoms with Crippen LogP contribution in [0.15, 0.2) is 24.3 Å². The molecule has 4 nitrogen and oxygen atoms in total. The number of carbonyl (C=O) groups is 2. The Balaban J connectivity index is 2.77. The summed E-state index contributed by atoms with van der Waals surface area (Å²) in [6.07, 6.45) is 1.61. The van der Waals surface area contributed by atoms with Crippen molar-refractivity contribution in [3.05, 3.63) is 35.4 Å². The van der Waals surface area contributed by atoms with Crippen LogP contribution < -0.4 is 5.32 Å². The summed E-state index contributed by atoms with van der Waals surface area (Å²) in [7, 11) is 1.34. The highest BCUT2D eigenvalue weighted by molar-refractivity contribution is 5.88. The van der Waals surface area contributed by atoms with Gasteiger partial charge in [0.2, 0.25) is 5.91 Å². The highest BCUT2D eigenvalue weighted by Crippen LogP contribution is 2.15. The number of amides is 1. The van der Waals surface area contributed by atoms with Gasteiger partial charge in [-0.15, -0.1) is 0 Å². The Morgan fingerprint density at radius 3 is 2.50 bits per heavy atom. The van der Waals surface area contributed by atoms with Gasteiger partial charge in [0, 0.05) is 0 Å². The van der Waals surface area contributed by atoms with E-state index < -0.39 is 11.5 Å². The number of aryl methyl sites for hydroxylation is 1. The van der Waals surface area contributed by atoms with Gasteiger partial charge >= 0.3 is 5.97 Å². The minimum absolute atomic E-state index is 0.166. The van der Waals surface area contributed by atoms with Gasteiger partial charge in [0.05, 0.1) is 13.5 Å². The van der Waals surface area contributed by atoms with E-state index in [2.05, 4.69) is 5.32 Å². The van der Waals surface area contributed by atoms with Gasteiger partial charge in [-0.05, 0) is 31.4 Å². The van der Waals surface area contributed by atoms with Crippen LogP contribution in [-0.2, 0) is 20.7 Å². The molecule has 1 N–H and O–H groups in total. The molecular formula is C16H23NO3. The molecule has 110 valence electrons. The number of methoxy groups -OCH3 is 1. The normalized spacial score (nSPS) is 13.4. The van der Waals surface area contributed by atoms with Gasteiger partial charge in [0.1, 0.15) is 5.54 Å². The number of carbonyl (C=O) groups excluding carboxylic acids is 2. The van der Waals surface area contributed by atoms with E-state index in [1.807, 2.05) is 38.1 Å². The number of ether oxygens (including phenoxy) is 1. The van der Waals surface area contributed by atoms with E-state index >= 15 is 0 Å². The van der Waals surface area contributed by atoms with Crippen molar-refractivity contribution in [3.8, 4) is 0 Å². The van der Waals surface area contributed by atoms with Crippen LogP contribution >= 0.6 is 0 Å². The third kappa shape index (κ3) is 4.08. The summed E-state index contributed by atoms with van der Waals surface area (Å²) < 4.78 is 4.79. The largest absolute Gasteiger partial charge is 0.467 e. The summed E-state index contributed by atoms with van der Waals surface area (Å²) in [4.78, 5) is 24.0. The van der Waals surface area contributed by atoms with Gasteiger partial charge < -0.3 is 10.1 Å². The Bertz CT molecular complexity index is 484. The minimum Gasteiger partial charge on any atom is -0.467 e. The third-order valence-electron chi connectivity index (χ3n) is 3.41. The van der Waals surface area contributed by atoms with Gasteiger partial charge in [0.25, 0.3) is 0 Å². The number of hydrogen-bond donors (Lipinski definition) is 1. The molecule has 0 saturated heterocycles. The highest BCUT2D eigenvalue weighted by Gasteiger charge is 2.34. The number of hydrogen-bond acceptors (Lipinski definition) is 3. The lowest BCUT2D eigenvalue weighted by atomic mass is 9.95. The van der Waals surface area contributed by atoms with Crippen LogP contribution in [0.3, 0.4) is 0 Å². The van der Waals surface area contributed by atoms with Gasteiger partial charge in [-0.2, -0.15) is 0 Å². The first-order chi connectivity index (χ1) is 9.42. The van der Waals surface area contributed by atoms with E-state index in [0.717, 1.165) is 17.5 Å². The molecule has 0 radical (unpaired) electrons. The number of rotatable bonds is 6. The van der Waals surface area contributed by atoms with Crippen LogP contribution in [0, 0.1) is 6.92 Å². The highest BCUT2D eigenvalue weighted by atomic mass is 16.5. The maximum absolute atomic E-state index is 12.2. The van der Waals surface area contributed by atoms with Crippen molar-refractivity contribution in [2.24, 2.45) is 0 Å². The molecule has 0 spiro atoms. The lowest BCUT2D eigenvalue weighted by Gasteiger charge is -2.27. The molecule has 20 heavy (non-hydrogen) atoms. The van der Waals surface area contributed by atoms with E-state index in [1.54, 1.807) is 6.92 Å². The summed E-state index contributed by atoms with van der Waals surface area (Å²) in [5.41, 5.74) is 1.08. The maximum Gasteiger partial charge on any atom is 0.331 e. The summed E-state index contributed by atoms with van der Waals surface area (Å²) in [6, 6.07) is 7.73. The molecule has 1 aromatic carbocycles. The molecule has 1 rings (SSSR count). The second-order valence-electron chi connectivity index (χ2n) is 5.23. The van der Waals surface area contributed by atoms with E-state index in [-0.39, 0.29) is 12.3 Å². The van der Waals surface area contributed by atoms with Crippen LogP contribution in [0.4, 0.5) is 0 Å². The summed E-state index contributed by atoms with van der Waals surface area (Å²) >= 11 is 0. The maximum atomic E-state index is 12.2. The lowest BCUT2D eigenvalue weighted by Crippen LogP contribution is -2.53. The van der Waals surface area contributed by atoms with Crippen molar-refractivity contribution in [1.82, 2.24) is 5.32 Å². The monoisotopic (exact) mass is 277 g/mol. The van der Waals surface area contributed by atoms with Gasteiger partial charge in [0.15, 0.2) is 0 Å². The fourth-order valence-corrected chi connectivity index (χ4v) is 2.27. The molecule has 1 aromatic rings.